The zero-order valence-corrected chi connectivity index (χ0v) is 9.21. The predicted octanol–water partition coefficient (Wildman–Crippen LogP) is 2.21. The van der Waals surface area contributed by atoms with Crippen molar-refractivity contribution in [2.24, 2.45) is 11.1 Å². The van der Waals surface area contributed by atoms with Gasteiger partial charge in [0.2, 0.25) is 5.92 Å². The molecule has 1 aliphatic rings. The Morgan fingerprint density at radius 2 is 1.71 bits per heavy atom. The van der Waals surface area contributed by atoms with Crippen molar-refractivity contribution in [1.29, 1.82) is 0 Å². The van der Waals surface area contributed by atoms with Crippen molar-refractivity contribution < 1.29 is 13.5 Å². The molecule has 2 nitrogen and oxygen atoms in total. The van der Waals surface area contributed by atoms with Crippen molar-refractivity contribution in [2.45, 2.75) is 31.6 Å². The first-order chi connectivity index (χ1) is 6.04. The molecule has 0 atom stereocenters. The largest absolute Gasteiger partial charge is 0.384 e. The van der Waals surface area contributed by atoms with Crippen molar-refractivity contribution in [2.75, 3.05) is 20.3 Å². The van der Waals surface area contributed by atoms with Gasteiger partial charge in [0, 0.05) is 31.9 Å². The Bertz CT molecular complexity index is 168. The Kier molecular flexibility index (Phi) is 5.26. The van der Waals surface area contributed by atoms with Crippen LogP contribution in [-0.4, -0.2) is 26.2 Å². The van der Waals surface area contributed by atoms with E-state index in [1.165, 1.54) is 0 Å². The van der Waals surface area contributed by atoms with Crippen LogP contribution in [0.4, 0.5) is 8.78 Å². The second-order valence-electron chi connectivity index (χ2n) is 3.99. The maximum Gasteiger partial charge on any atom is 0.248 e. The Morgan fingerprint density at radius 1 is 1.21 bits per heavy atom. The van der Waals surface area contributed by atoms with E-state index in [1.54, 1.807) is 7.11 Å². The van der Waals surface area contributed by atoms with Gasteiger partial charge in [-0.05, 0) is 12.8 Å². The fraction of sp³-hybridized carbons (Fsp3) is 1.00. The van der Waals surface area contributed by atoms with Gasteiger partial charge in [-0.25, -0.2) is 8.78 Å². The van der Waals surface area contributed by atoms with Gasteiger partial charge in [-0.3, -0.25) is 0 Å². The van der Waals surface area contributed by atoms with Crippen molar-refractivity contribution in [1.82, 2.24) is 0 Å². The fourth-order valence-corrected chi connectivity index (χ4v) is 1.86. The highest BCUT2D eigenvalue weighted by atomic mass is 35.5. The molecular weight excluding hydrogens is 212 g/mol. The van der Waals surface area contributed by atoms with Gasteiger partial charge >= 0.3 is 0 Å². The van der Waals surface area contributed by atoms with Crippen LogP contribution in [0.25, 0.3) is 0 Å². The van der Waals surface area contributed by atoms with Crippen LogP contribution in [0.1, 0.15) is 25.7 Å². The Hall–Kier alpha value is 0.0700. The van der Waals surface area contributed by atoms with Gasteiger partial charge in [0.15, 0.2) is 0 Å². The molecule has 0 aromatic rings. The molecule has 0 aromatic carbocycles. The smallest absolute Gasteiger partial charge is 0.248 e. The Morgan fingerprint density at radius 3 is 2.07 bits per heavy atom. The minimum atomic E-state index is -2.48. The summed E-state index contributed by atoms with van der Waals surface area (Å²) in [7, 11) is 1.59. The van der Waals surface area contributed by atoms with Crippen LogP contribution in [0, 0.1) is 5.41 Å². The first kappa shape index (κ1) is 14.1. The topological polar surface area (TPSA) is 35.2 Å². The fourth-order valence-electron chi connectivity index (χ4n) is 1.86. The molecule has 0 spiro atoms. The first-order valence-electron chi connectivity index (χ1n) is 4.60. The maximum atomic E-state index is 12.8. The van der Waals surface area contributed by atoms with Crippen molar-refractivity contribution in [3.8, 4) is 0 Å². The summed E-state index contributed by atoms with van der Waals surface area (Å²) in [5.41, 5.74) is 5.39. The second kappa shape index (κ2) is 5.24. The van der Waals surface area contributed by atoms with E-state index in [0.29, 0.717) is 26.0 Å². The number of nitrogens with two attached hydrogens (primary N) is 1. The van der Waals surface area contributed by atoms with Crippen LogP contribution in [-0.2, 0) is 4.74 Å². The zero-order chi connectivity index (χ0) is 9.95. The third kappa shape index (κ3) is 3.33. The van der Waals surface area contributed by atoms with Crippen LogP contribution in [0.5, 0.6) is 0 Å². The molecule has 5 heteroatoms. The summed E-state index contributed by atoms with van der Waals surface area (Å²) in [6.07, 6.45) is 0.857. The van der Waals surface area contributed by atoms with E-state index in [4.69, 9.17) is 10.5 Å². The summed E-state index contributed by atoms with van der Waals surface area (Å²) in [6.45, 7) is 0.941. The molecule has 1 aliphatic carbocycles. The Balaban J connectivity index is 0.00000169. The highest BCUT2D eigenvalue weighted by Gasteiger charge is 2.42. The highest BCUT2D eigenvalue weighted by Crippen LogP contribution is 2.42. The summed E-state index contributed by atoms with van der Waals surface area (Å²) < 4.78 is 30.7. The van der Waals surface area contributed by atoms with Crippen molar-refractivity contribution in [3.63, 3.8) is 0 Å². The van der Waals surface area contributed by atoms with Crippen LogP contribution < -0.4 is 5.73 Å². The molecular formula is C9H18ClF2NO. The predicted molar refractivity (Wildman–Crippen MR) is 54.0 cm³/mol. The van der Waals surface area contributed by atoms with E-state index in [0.717, 1.165) is 0 Å². The van der Waals surface area contributed by atoms with Crippen LogP contribution in [0.15, 0.2) is 0 Å². The molecule has 0 saturated heterocycles. The SMILES string of the molecule is COCC1(CN)CCC(F)(F)CC1.Cl. The van der Waals surface area contributed by atoms with Gasteiger partial charge in [-0.1, -0.05) is 0 Å². The minimum Gasteiger partial charge on any atom is -0.384 e. The summed E-state index contributed by atoms with van der Waals surface area (Å²) in [6, 6.07) is 0. The van der Waals surface area contributed by atoms with Gasteiger partial charge in [-0.15, -0.1) is 12.4 Å². The molecule has 0 radical (unpaired) electrons. The summed E-state index contributed by atoms with van der Waals surface area (Å²) in [5, 5.41) is 0. The van der Waals surface area contributed by atoms with Crippen molar-refractivity contribution in [3.05, 3.63) is 0 Å². The summed E-state index contributed by atoms with van der Waals surface area (Å²) in [4.78, 5) is 0. The molecule has 86 valence electrons. The second-order valence-corrected chi connectivity index (χ2v) is 3.99. The number of hydrogen-bond donors (Lipinski definition) is 1. The minimum absolute atomic E-state index is 0. The third-order valence-corrected chi connectivity index (χ3v) is 2.93. The zero-order valence-electron chi connectivity index (χ0n) is 8.39. The first-order valence-corrected chi connectivity index (χ1v) is 4.60. The molecule has 0 heterocycles. The molecule has 1 saturated carbocycles. The average molecular weight is 230 g/mol. The lowest BCUT2D eigenvalue weighted by atomic mass is 9.73. The number of halogens is 3. The molecule has 0 amide bonds. The molecule has 0 aromatic heterocycles. The van der Waals surface area contributed by atoms with Crippen molar-refractivity contribution >= 4 is 12.4 Å². The number of alkyl halides is 2. The average Bonchev–Trinajstić information content (AvgIpc) is 2.10. The molecule has 1 fully saturated rings. The Labute approximate surface area is 89.6 Å². The van der Waals surface area contributed by atoms with E-state index in [1.807, 2.05) is 0 Å². The monoisotopic (exact) mass is 229 g/mol. The van der Waals surface area contributed by atoms with E-state index >= 15 is 0 Å². The van der Waals surface area contributed by atoms with E-state index in [-0.39, 0.29) is 30.7 Å². The highest BCUT2D eigenvalue weighted by molar-refractivity contribution is 5.85. The lowest BCUT2D eigenvalue weighted by Gasteiger charge is -2.38. The number of hydrogen-bond acceptors (Lipinski definition) is 2. The van der Waals surface area contributed by atoms with Gasteiger partial charge in [0.05, 0.1) is 6.61 Å². The van der Waals surface area contributed by atoms with E-state index in [2.05, 4.69) is 0 Å². The van der Waals surface area contributed by atoms with Gasteiger partial charge in [0.1, 0.15) is 0 Å². The standard InChI is InChI=1S/C9H17F2NO.ClH/c1-13-7-8(6-12)2-4-9(10,11)5-3-8;/h2-7,12H2,1H3;1H. The normalized spacial score (nSPS) is 24.0. The van der Waals surface area contributed by atoms with Gasteiger partial charge < -0.3 is 10.5 Å². The van der Waals surface area contributed by atoms with E-state index < -0.39 is 5.92 Å². The van der Waals surface area contributed by atoms with Crippen LogP contribution in [0.3, 0.4) is 0 Å². The van der Waals surface area contributed by atoms with E-state index in [9.17, 15) is 8.78 Å². The number of ether oxygens (including phenoxy) is 1. The molecule has 0 bridgehead atoms. The van der Waals surface area contributed by atoms with Crippen LogP contribution >= 0.6 is 12.4 Å². The summed E-state index contributed by atoms with van der Waals surface area (Å²) >= 11 is 0. The van der Waals surface area contributed by atoms with Gasteiger partial charge in [0.25, 0.3) is 0 Å². The molecule has 0 aliphatic heterocycles. The number of rotatable bonds is 3. The lowest BCUT2D eigenvalue weighted by Crippen LogP contribution is -2.41. The maximum absolute atomic E-state index is 12.8. The molecule has 0 unspecified atom stereocenters. The van der Waals surface area contributed by atoms with Gasteiger partial charge in [-0.2, -0.15) is 0 Å². The lowest BCUT2D eigenvalue weighted by molar-refractivity contribution is -0.0795. The quantitative estimate of drug-likeness (QED) is 0.806. The molecule has 1 rings (SSSR count). The molecule has 2 N–H and O–H groups in total. The van der Waals surface area contributed by atoms with Crippen LogP contribution in [0.2, 0.25) is 0 Å². The third-order valence-electron chi connectivity index (χ3n) is 2.93. The summed E-state index contributed by atoms with van der Waals surface area (Å²) in [5.74, 6) is -2.48. The number of methoxy groups -OCH3 is 1. The molecule has 14 heavy (non-hydrogen) atoms.